The van der Waals surface area contributed by atoms with Gasteiger partial charge >= 0.3 is 0 Å². The molecule has 2 aromatic rings. The third kappa shape index (κ3) is 3.78. The number of ether oxygens (including phenoxy) is 3. The Bertz CT molecular complexity index is 570. The average Bonchev–Trinajstić information content (AvgIpc) is 2.54. The van der Waals surface area contributed by atoms with Gasteiger partial charge in [-0.15, -0.1) is 0 Å². The maximum atomic E-state index is 5.41. The molecule has 2 rings (SSSR count). The first kappa shape index (κ1) is 15.0. The number of methoxy groups -OCH3 is 2. The number of anilines is 1. The number of nitrogens with one attached hydrogen (secondary N) is 1. The number of aromatic nitrogens is 1. The van der Waals surface area contributed by atoms with Gasteiger partial charge in [-0.05, 0) is 19.1 Å². The molecule has 1 aromatic carbocycles. The normalized spacial score (nSPS) is 10.0. The summed E-state index contributed by atoms with van der Waals surface area (Å²) in [6.45, 7) is 3.17. The highest BCUT2D eigenvalue weighted by Gasteiger charge is 2.09. The Kier molecular flexibility index (Phi) is 5.26. The van der Waals surface area contributed by atoms with Crippen molar-refractivity contribution in [2.24, 2.45) is 0 Å². The van der Waals surface area contributed by atoms with Gasteiger partial charge in [0.2, 0.25) is 5.88 Å². The predicted molar refractivity (Wildman–Crippen MR) is 82.3 cm³/mol. The van der Waals surface area contributed by atoms with Gasteiger partial charge in [0.15, 0.2) is 11.5 Å². The number of hydrogen-bond acceptors (Lipinski definition) is 5. The molecular formula is C16H20N2O3. The number of pyridine rings is 1. The van der Waals surface area contributed by atoms with Crippen LogP contribution in [0, 0.1) is 0 Å². The van der Waals surface area contributed by atoms with Crippen molar-refractivity contribution >= 4 is 5.69 Å². The molecule has 0 radical (unpaired) electrons. The summed E-state index contributed by atoms with van der Waals surface area (Å²) >= 11 is 0. The fourth-order valence-corrected chi connectivity index (χ4v) is 2.01. The Balaban J connectivity index is 2.05. The summed E-state index contributed by atoms with van der Waals surface area (Å²) < 4.78 is 16.0. The number of benzene rings is 1. The van der Waals surface area contributed by atoms with Crippen molar-refractivity contribution in [3.05, 3.63) is 42.1 Å². The molecule has 0 aliphatic carbocycles. The van der Waals surface area contributed by atoms with E-state index in [1.165, 1.54) is 0 Å². The van der Waals surface area contributed by atoms with Crippen LogP contribution in [0.3, 0.4) is 0 Å². The molecule has 0 spiro atoms. The summed E-state index contributed by atoms with van der Waals surface area (Å²) in [6, 6.07) is 9.59. The van der Waals surface area contributed by atoms with Crippen molar-refractivity contribution in [3.8, 4) is 17.4 Å². The van der Waals surface area contributed by atoms with Crippen LogP contribution in [0.25, 0.3) is 0 Å². The Hall–Kier alpha value is -2.43. The minimum Gasteiger partial charge on any atom is -0.493 e. The van der Waals surface area contributed by atoms with E-state index >= 15 is 0 Å². The van der Waals surface area contributed by atoms with Crippen LogP contribution in [0.4, 0.5) is 5.69 Å². The second kappa shape index (κ2) is 7.38. The largest absolute Gasteiger partial charge is 0.493 e. The number of nitrogens with zero attached hydrogens (tertiary/aromatic N) is 1. The lowest BCUT2D eigenvalue weighted by Crippen LogP contribution is -2.03. The SMILES string of the molecule is CCOc1ccc(NCc2cccc(OC)c2OC)cn1. The maximum Gasteiger partial charge on any atom is 0.213 e. The van der Waals surface area contributed by atoms with E-state index in [9.17, 15) is 0 Å². The number of hydrogen-bond donors (Lipinski definition) is 1. The molecule has 21 heavy (non-hydrogen) atoms. The van der Waals surface area contributed by atoms with Gasteiger partial charge in [0.25, 0.3) is 0 Å². The molecule has 112 valence electrons. The van der Waals surface area contributed by atoms with Crippen LogP contribution in [-0.4, -0.2) is 25.8 Å². The average molecular weight is 288 g/mol. The molecule has 0 atom stereocenters. The summed E-state index contributed by atoms with van der Waals surface area (Å²) in [4.78, 5) is 4.22. The second-order valence-electron chi connectivity index (χ2n) is 4.32. The van der Waals surface area contributed by atoms with Gasteiger partial charge in [0, 0.05) is 18.2 Å². The zero-order valence-electron chi connectivity index (χ0n) is 12.6. The zero-order chi connectivity index (χ0) is 15.1. The molecular weight excluding hydrogens is 268 g/mol. The topological polar surface area (TPSA) is 52.6 Å². The molecule has 0 aliphatic heterocycles. The Morgan fingerprint density at radius 1 is 1.10 bits per heavy atom. The standard InChI is InChI=1S/C16H20N2O3/c1-4-21-15-9-8-13(11-18-15)17-10-12-6-5-7-14(19-2)16(12)20-3/h5-9,11,17H,4,10H2,1-3H3. The first-order valence-corrected chi connectivity index (χ1v) is 6.81. The van der Waals surface area contributed by atoms with Crippen molar-refractivity contribution in [1.29, 1.82) is 0 Å². The number of para-hydroxylation sites is 1. The molecule has 5 heteroatoms. The Morgan fingerprint density at radius 2 is 1.95 bits per heavy atom. The van der Waals surface area contributed by atoms with Crippen molar-refractivity contribution in [2.45, 2.75) is 13.5 Å². The first-order valence-electron chi connectivity index (χ1n) is 6.81. The fraction of sp³-hybridized carbons (Fsp3) is 0.312. The van der Waals surface area contributed by atoms with Crippen LogP contribution in [0.1, 0.15) is 12.5 Å². The van der Waals surface area contributed by atoms with E-state index in [2.05, 4.69) is 10.3 Å². The summed E-state index contributed by atoms with van der Waals surface area (Å²) in [5.41, 5.74) is 1.94. The first-order chi connectivity index (χ1) is 10.3. The van der Waals surface area contributed by atoms with E-state index in [0.717, 1.165) is 22.7 Å². The highest BCUT2D eigenvalue weighted by molar-refractivity contribution is 5.49. The van der Waals surface area contributed by atoms with Gasteiger partial charge in [0.05, 0.1) is 32.7 Å². The van der Waals surface area contributed by atoms with Crippen molar-refractivity contribution in [2.75, 3.05) is 26.1 Å². The van der Waals surface area contributed by atoms with Gasteiger partial charge < -0.3 is 19.5 Å². The lowest BCUT2D eigenvalue weighted by atomic mass is 10.2. The quantitative estimate of drug-likeness (QED) is 0.848. The van der Waals surface area contributed by atoms with Gasteiger partial charge in [-0.25, -0.2) is 4.98 Å². The van der Waals surface area contributed by atoms with Crippen LogP contribution in [0.5, 0.6) is 17.4 Å². The van der Waals surface area contributed by atoms with Crippen molar-refractivity contribution < 1.29 is 14.2 Å². The zero-order valence-corrected chi connectivity index (χ0v) is 12.6. The van der Waals surface area contributed by atoms with Crippen LogP contribution in [0.15, 0.2) is 36.5 Å². The lowest BCUT2D eigenvalue weighted by Gasteiger charge is -2.13. The smallest absolute Gasteiger partial charge is 0.213 e. The summed E-state index contributed by atoms with van der Waals surface area (Å²) in [7, 11) is 3.27. The minimum absolute atomic E-state index is 0.612. The minimum atomic E-state index is 0.612. The van der Waals surface area contributed by atoms with E-state index in [0.29, 0.717) is 19.0 Å². The molecule has 5 nitrogen and oxygen atoms in total. The van der Waals surface area contributed by atoms with Gasteiger partial charge in [-0.1, -0.05) is 12.1 Å². The molecule has 1 aromatic heterocycles. The van der Waals surface area contributed by atoms with E-state index in [4.69, 9.17) is 14.2 Å². The molecule has 0 fully saturated rings. The van der Waals surface area contributed by atoms with E-state index in [1.807, 2.05) is 37.3 Å². The van der Waals surface area contributed by atoms with Gasteiger partial charge in [-0.3, -0.25) is 0 Å². The molecule has 0 amide bonds. The second-order valence-corrected chi connectivity index (χ2v) is 4.32. The number of rotatable bonds is 7. The summed E-state index contributed by atoms with van der Waals surface area (Å²) in [5.74, 6) is 2.09. The van der Waals surface area contributed by atoms with Crippen molar-refractivity contribution in [1.82, 2.24) is 4.98 Å². The molecule has 1 N–H and O–H groups in total. The van der Waals surface area contributed by atoms with E-state index in [-0.39, 0.29) is 0 Å². The molecule has 0 saturated carbocycles. The predicted octanol–water partition coefficient (Wildman–Crippen LogP) is 3.11. The molecule has 0 bridgehead atoms. The third-order valence-corrected chi connectivity index (χ3v) is 3.00. The highest BCUT2D eigenvalue weighted by atomic mass is 16.5. The maximum absolute atomic E-state index is 5.41. The van der Waals surface area contributed by atoms with Crippen LogP contribution < -0.4 is 19.5 Å². The molecule has 0 saturated heterocycles. The van der Waals surface area contributed by atoms with Crippen LogP contribution in [0.2, 0.25) is 0 Å². The van der Waals surface area contributed by atoms with Crippen LogP contribution >= 0.6 is 0 Å². The van der Waals surface area contributed by atoms with E-state index < -0.39 is 0 Å². The fourth-order valence-electron chi connectivity index (χ4n) is 2.01. The molecule has 1 heterocycles. The molecule has 0 unspecified atom stereocenters. The third-order valence-electron chi connectivity index (χ3n) is 3.00. The van der Waals surface area contributed by atoms with Crippen molar-refractivity contribution in [3.63, 3.8) is 0 Å². The van der Waals surface area contributed by atoms with Crippen LogP contribution in [-0.2, 0) is 6.54 Å². The Labute approximate surface area is 124 Å². The monoisotopic (exact) mass is 288 g/mol. The molecule has 0 aliphatic rings. The highest BCUT2D eigenvalue weighted by Crippen LogP contribution is 2.31. The van der Waals surface area contributed by atoms with E-state index in [1.54, 1.807) is 20.4 Å². The summed E-state index contributed by atoms with van der Waals surface area (Å²) in [6.07, 6.45) is 1.75. The van der Waals surface area contributed by atoms with Gasteiger partial charge in [-0.2, -0.15) is 0 Å². The van der Waals surface area contributed by atoms with Gasteiger partial charge in [0.1, 0.15) is 0 Å². The lowest BCUT2D eigenvalue weighted by molar-refractivity contribution is 0.327. The summed E-state index contributed by atoms with van der Waals surface area (Å²) in [5, 5.41) is 3.30. The Morgan fingerprint density at radius 3 is 2.57 bits per heavy atom.